The summed E-state index contributed by atoms with van der Waals surface area (Å²) in [6.07, 6.45) is 3.17. The maximum absolute atomic E-state index is 7.15. The van der Waals surface area contributed by atoms with E-state index < -0.39 is 11.4 Å². The van der Waals surface area contributed by atoms with Crippen molar-refractivity contribution >= 4 is 22.9 Å². The van der Waals surface area contributed by atoms with Crippen LogP contribution < -0.4 is 11.5 Å². The summed E-state index contributed by atoms with van der Waals surface area (Å²) >= 11 is 0. The minimum Gasteiger partial charge on any atom is -0.382 e. The number of aromatic nitrogens is 4. The first kappa shape index (κ1) is 26.3. The molecule has 0 amide bonds. The van der Waals surface area contributed by atoms with Gasteiger partial charge in [0.05, 0.1) is 19.0 Å². The van der Waals surface area contributed by atoms with Gasteiger partial charge in [0.2, 0.25) is 5.95 Å². The van der Waals surface area contributed by atoms with Gasteiger partial charge in [0.15, 0.2) is 17.3 Å². The first-order valence-electron chi connectivity index (χ1n) is 14.0. The Bertz CT molecular complexity index is 1660. The number of benzene rings is 3. The van der Waals surface area contributed by atoms with E-state index in [1.807, 2.05) is 73.0 Å². The van der Waals surface area contributed by atoms with Crippen molar-refractivity contribution in [3.8, 4) is 0 Å². The Morgan fingerprint density at radius 1 is 0.833 bits per heavy atom. The lowest BCUT2D eigenvalue weighted by Gasteiger charge is -2.36. The molecule has 1 aliphatic heterocycles. The van der Waals surface area contributed by atoms with Gasteiger partial charge < -0.3 is 30.2 Å². The lowest BCUT2D eigenvalue weighted by molar-refractivity contribution is -0.148. The zero-order valence-corrected chi connectivity index (χ0v) is 23.4. The number of rotatable bonds is 7. The number of imidazole rings is 1. The fourth-order valence-electron chi connectivity index (χ4n) is 6.24. The molecule has 0 unspecified atom stereocenters. The van der Waals surface area contributed by atoms with Gasteiger partial charge in [-0.1, -0.05) is 97.1 Å². The molecule has 1 aliphatic carbocycles. The average molecular weight is 561 g/mol. The Morgan fingerprint density at radius 3 is 1.98 bits per heavy atom. The van der Waals surface area contributed by atoms with Crippen LogP contribution in [-0.2, 0) is 19.8 Å². The second-order valence-electron chi connectivity index (χ2n) is 11.1. The molecule has 0 spiro atoms. The molecule has 0 radical (unpaired) electrons. The second-order valence-corrected chi connectivity index (χ2v) is 11.1. The molecule has 3 heterocycles. The van der Waals surface area contributed by atoms with Crippen LogP contribution in [0.15, 0.2) is 109 Å². The van der Waals surface area contributed by atoms with Gasteiger partial charge in [-0.3, -0.25) is 0 Å². The number of ether oxygens (including phenoxy) is 3. The first-order valence-corrected chi connectivity index (χ1v) is 14.0. The van der Waals surface area contributed by atoms with Gasteiger partial charge in [-0.25, -0.2) is 4.98 Å². The van der Waals surface area contributed by atoms with Gasteiger partial charge in [-0.05, 0) is 36.1 Å². The smallest absolute Gasteiger partial charge is 0.224 e. The fraction of sp³-hybridized carbons (Fsp3) is 0.242. The van der Waals surface area contributed by atoms with Crippen LogP contribution in [0.25, 0.3) is 11.2 Å². The predicted octanol–water partition coefficient (Wildman–Crippen LogP) is 5.00. The summed E-state index contributed by atoms with van der Waals surface area (Å²) in [5.74, 6) is -0.460. The topological polar surface area (TPSA) is 123 Å². The molecular weight excluding hydrogens is 528 g/mol. The fourth-order valence-corrected chi connectivity index (χ4v) is 6.24. The van der Waals surface area contributed by atoms with Crippen LogP contribution in [0.1, 0.15) is 36.6 Å². The van der Waals surface area contributed by atoms with Crippen molar-refractivity contribution in [2.24, 2.45) is 0 Å². The number of hydrogen-bond acceptors (Lipinski definition) is 8. The van der Waals surface area contributed by atoms with Crippen LogP contribution in [0.5, 0.6) is 0 Å². The Hall–Kier alpha value is -4.57. The maximum atomic E-state index is 7.15. The Morgan fingerprint density at radius 2 is 1.40 bits per heavy atom. The summed E-state index contributed by atoms with van der Waals surface area (Å²) < 4.78 is 22.0. The molecule has 3 atom stereocenters. The van der Waals surface area contributed by atoms with E-state index in [1.165, 1.54) is 0 Å². The highest BCUT2D eigenvalue weighted by Crippen LogP contribution is 2.46. The third kappa shape index (κ3) is 4.34. The molecule has 212 valence electrons. The molecule has 9 nitrogen and oxygen atoms in total. The molecule has 9 heteroatoms. The highest BCUT2D eigenvalue weighted by Gasteiger charge is 2.51. The van der Waals surface area contributed by atoms with E-state index >= 15 is 0 Å². The maximum Gasteiger partial charge on any atom is 0.224 e. The summed E-state index contributed by atoms with van der Waals surface area (Å²) in [5.41, 5.74) is 16.3. The zero-order valence-electron chi connectivity index (χ0n) is 23.4. The molecular formula is C33H32N6O3. The molecule has 5 aromatic rings. The molecule has 7 rings (SSSR count). The van der Waals surface area contributed by atoms with Crippen LogP contribution in [0.4, 0.5) is 11.8 Å². The number of nitrogens with two attached hydrogens (primary N) is 2. The number of hydrogen-bond donors (Lipinski definition) is 2. The quantitative estimate of drug-likeness (QED) is 0.211. The third-order valence-electron chi connectivity index (χ3n) is 8.00. The zero-order chi connectivity index (χ0) is 28.9. The summed E-state index contributed by atoms with van der Waals surface area (Å²) in [7, 11) is 0. The van der Waals surface area contributed by atoms with E-state index in [0.717, 1.165) is 22.3 Å². The van der Waals surface area contributed by atoms with E-state index in [1.54, 1.807) is 6.33 Å². The molecule has 1 fully saturated rings. The monoisotopic (exact) mass is 560 g/mol. The molecule has 0 saturated carbocycles. The van der Waals surface area contributed by atoms with Gasteiger partial charge in [0.25, 0.3) is 0 Å². The molecule has 0 bridgehead atoms. The summed E-state index contributed by atoms with van der Waals surface area (Å²) in [5, 5.41) is 0. The SMILES string of the molecule is CC1(C)O[C@@H]2[C@H](O1)C(COC(c1ccccc1)(c1ccccc1)c1ccccc1)=C[C@H]2n1cnc2c(N)nc(N)nc21. The third-order valence-corrected chi connectivity index (χ3v) is 8.00. The molecule has 2 aliphatic rings. The minimum absolute atomic E-state index is 0.0890. The Labute approximate surface area is 243 Å². The van der Waals surface area contributed by atoms with Gasteiger partial charge in [0.1, 0.15) is 23.3 Å². The Kier molecular flexibility index (Phi) is 6.31. The van der Waals surface area contributed by atoms with Gasteiger partial charge in [0, 0.05) is 0 Å². The lowest BCUT2D eigenvalue weighted by atomic mass is 9.80. The number of nitrogens with zero attached hydrogens (tertiary/aromatic N) is 4. The van der Waals surface area contributed by atoms with Crippen LogP contribution in [0, 0.1) is 0 Å². The number of nitrogen functional groups attached to an aromatic ring is 2. The summed E-state index contributed by atoms with van der Waals surface area (Å²) in [6, 6.07) is 30.7. The van der Waals surface area contributed by atoms with Gasteiger partial charge in [-0.2, -0.15) is 9.97 Å². The second kappa shape index (κ2) is 10.1. The molecule has 3 aromatic carbocycles. The normalized spacial score (nSPS) is 21.4. The van der Waals surface area contributed by atoms with Crippen LogP contribution in [0.3, 0.4) is 0 Å². The molecule has 1 saturated heterocycles. The molecule has 42 heavy (non-hydrogen) atoms. The van der Waals surface area contributed by atoms with E-state index in [4.69, 9.17) is 25.7 Å². The first-order chi connectivity index (χ1) is 20.4. The summed E-state index contributed by atoms with van der Waals surface area (Å²) in [4.78, 5) is 13.0. The molecule has 4 N–H and O–H groups in total. The number of anilines is 2. The largest absolute Gasteiger partial charge is 0.382 e. The highest BCUT2D eigenvalue weighted by atomic mass is 16.8. The van der Waals surface area contributed by atoms with Gasteiger partial charge >= 0.3 is 0 Å². The van der Waals surface area contributed by atoms with E-state index in [-0.39, 0.29) is 30.0 Å². The van der Waals surface area contributed by atoms with Crippen molar-refractivity contribution in [3.05, 3.63) is 126 Å². The van der Waals surface area contributed by atoms with Gasteiger partial charge in [-0.15, -0.1) is 0 Å². The lowest BCUT2D eigenvalue weighted by Crippen LogP contribution is -2.35. The van der Waals surface area contributed by atoms with Crippen LogP contribution >= 0.6 is 0 Å². The standard InChI is InChI=1S/C33H32N6O3/c1-32(2)41-27-21(18-25(28(27)42-32)39-20-36-26-29(34)37-31(35)38-30(26)39)19-40-33(22-12-6-3-7-13-22,23-14-8-4-9-15-23)24-16-10-5-11-17-24/h3-18,20,25,27-28H,19H2,1-2H3,(H4,34,35,37,38)/t25-,27-,28+/m1/s1. The van der Waals surface area contributed by atoms with Crippen molar-refractivity contribution in [3.63, 3.8) is 0 Å². The van der Waals surface area contributed by atoms with Crippen LogP contribution in [0.2, 0.25) is 0 Å². The molecule has 2 aromatic heterocycles. The minimum atomic E-state index is -0.870. The number of fused-ring (bicyclic) bond motifs is 2. The van der Waals surface area contributed by atoms with E-state index in [9.17, 15) is 0 Å². The van der Waals surface area contributed by atoms with Crippen LogP contribution in [-0.4, -0.2) is 44.1 Å². The van der Waals surface area contributed by atoms with E-state index in [0.29, 0.717) is 17.8 Å². The van der Waals surface area contributed by atoms with Crippen molar-refractivity contribution in [1.29, 1.82) is 0 Å². The average Bonchev–Trinajstić information content (AvgIpc) is 3.66. The Balaban J connectivity index is 1.33. The van der Waals surface area contributed by atoms with Crippen molar-refractivity contribution in [1.82, 2.24) is 19.5 Å². The van der Waals surface area contributed by atoms with Crippen molar-refractivity contribution < 1.29 is 14.2 Å². The predicted molar refractivity (Wildman–Crippen MR) is 160 cm³/mol. The van der Waals surface area contributed by atoms with Crippen molar-refractivity contribution in [2.45, 2.75) is 43.5 Å². The van der Waals surface area contributed by atoms with E-state index in [2.05, 4.69) is 57.4 Å². The summed E-state index contributed by atoms with van der Waals surface area (Å²) in [6.45, 7) is 4.14. The highest BCUT2D eigenvalue weighted by molar-refractivity contribution is 5.82. The van der Waals surface area contributed by atoms with Crippen molar-refractivity contribution in [2.75, 3.05) is 18.1 Å².